The van der Waals surface area contributed by atoms with Crippen LogP contribution in [0.2, 0.25) is 0 Å². The molecule has 0 aliphatic rings. The van der Waals surface area contributed by atoms with Crippen LogP contribution >= 0.6 is 11.3 Å². The van der Waals surface area contributed by atoms with E-state index in [0.717, 1.165) is 20.8 Å². The van der Waals surface area contributed by atoms with Crippen molar-refractivity contribution in [2.24, 2.45) is 0 Å². The number of anilines is 1. The van der Waals surface area contributed by atoms with Gasteiger partial charge in [-0.15, -0.1) is 11.3 Å². The first-order chi connectivity index (χ1) is 14.0. The first-order valence-electron chi connectivity index (χ1n) is 9.12. The number of rotatable bonds is 5. The summed E-state index contributed by atoms with van der Waals surface area (Å²) < 4.78 is 6.32. The summed E-state index contributed by atoms with van der Waals surface area (Å²) in [5, 5.41) is 3.69. The number of H-pyrrole nitrogens is 1. The molecular formula is C22H19N3O3S. The van der Waals surface area contributed by atoms with Gasteiger partial charge in [0.05, 0.1) is 10.2 Å². The van der Waals surface area contributed by atoms with Crippen LogP contribution in [0.4, 0.5) is 5.69 Å². The van der Waals surface area contributed by atoms with Gasteiger partial charge >= 0.3 is 5.97 Å². The molecule has 6 nitrogen and oxygen atoms in total. The van der Waals surface area contributed by atoms with Crippen molar-refractivity contribution in [2.45, 2.75) is 20.0 Å². The molecule has 29 heavy (non-hydrogen) atoms. The first-order valence-corrected chi connectivity index (χ1v) is 9.94. The number of fused-ring (bicyclic) bond motifs is 1. The van der Waals surface area contributed by atoms with E-state index in [1.165, 1.54) is 12.5 Å². The predicted molar refractivity (Wildman–Crippen MR) is 114 cm³/mol. The number of ether oxygens (including phenoxy) is 1. The maximum Gasteiger partial charge on any atom is 0.355 e. The van der Waals surface area contributed by atoms with E-state index in [9.17, 15) is 9.59 Å². The summed E-state index contributed by atoms with van der Waals surface area (Å²) in [5.74, 6) is -0.966. The van der Waals surface area contributed by atoms with Crippen LogP contribution in [0.25, 0.3) is 20.8 Å². The summed E-state index contributed by atoms with van der Waals surface area (Å²) in [6.45, 7) is 3.60. The van der Waals surface area contributed by atoms with Crippen LogP contribution in [0.15, 0.2) is 60.8 Å². The molecule has 0 aliphatic heterocycles. The Hall–Kier alpha value is -3.45. The van der Waals surface area contributed by atoms with Crippen molar-refractivity contribution in [3.63, 3.8) is 0 Å². The molecule has 2 N–H and O–H groups in total. The monoisotopic (exact) mass is 405 g/mol. The van der Waals surface area contributed by atoms with Gasteiger partial charge in [-0.25, -0.2) is 9.78 Å². The van der Waals surface area contributed by atoms with Crippen molar-refractivity contribution in [3.8, 4) is 10.6 Å². The van der Waals surface area contributed by atoms with Gasteiger partial charge in [-0.3, -0.25) is 4.79 Å². The average molecular weight is 405 g/mol. The number of carbonyl (C=O) groups is 2. The maximum atomic E-state index is 12.3. The van der Waals surface area contributed by atoms with Gasteiger partial charge in [0, 0.05) is 17.4 Å². The molecule has 146 valence electrons. The Morgan fingerprint density at radius 3 is 2.66 bits per heavy atom. The minimum absolute atomic E-state index is 0.306. The Bertz CT molecular complexity index is 1160. The molecule has 0 saturated heterocycles. The second-order valence-electron chi connectivity index (χ2n) is 6.69. The molecule has 2 heterocycles. The van der Waals surface area contributed by atoms with Crippen LogP contribution in [0.1, 0.15) is 23.0 Å². The van der Waals surface area contributed by atoms with Gasteiger partial charge in [-0.1, -0.05) is 6.07 Å². The minimum Gasteiger partial charge on any atom is -0.448 e. The molecule has 0 fully saturated rings. The van der Waals surface area contributed by atoms with Gasteiger partial charge in [-0.05, 0) is 67.9 Å². The molecule has 0 bridgehead atoms. The Kier molecular flexibility index (Phi) is 5.14. The summed E-state index contributed by atoms with van der Waals surface area (Å²) in [5.41, 5.74) is 4.09. The van der Waals surface area contributed by atoms with Crippen molar-refractivity contribution >= 4 is 39.1 Å². The predicted octanol–water partition coefficient (Wildman–Crippen LogP) is 4.78. The van der Waals surface area contributed by atoms with Gasteiger partial charge in [-0.2, -0.15) is 0 Å². The third kappa shape index (κ3) is 4.20. The molecule has 4 aromatic rings. The SMILES string of the molecule is Cc1ccc2nc(-c3ccc(NC(=O)[C@@H](C)OC(=O)c4ccc[nH]4)cc3)sc2c1. The molecule has 4 rings (SSSR count). The van der Waals surface area contributed by atoms with Crippen LogP contribution < -0.4 is 5.32 Å². The Morgan fingerprint density at radius 2 is 1.93 bits per heavy atom. The van der Waals surface area contributed by atoms with Gasteiger partial charge in [0.1, 0.15) is 10.7 Å². The lowest BCUT2D eigenvalue weighted by Crippen LogP contribution is -2.30. The third-order valence-corrected chi connectivity index (χ3v) is 5.48. The number of thiazole rings is 1. The van der Waals surface area contributed by atoms with Crippen LogP contribution in [0.5, 0.6) is 0 Å². The number of amides is 1. The van der Waals surface area contributed by atoms with E-state index in [4.69, 9.17) is 4.74 Å². The van der Waals surface area contributed by atoms with Crippen LogP contribution in [0, 0.1) is 6.92 Å². The lowest BCUT2D eigenvalue weighted by Gasteiger charge is -2.13. The normalized spacial score (nSPS) is 11.9. The summed E-state index contributed by atoms with van der Waals surface area (Å²) in [6, 6.07) is 16.9. The second-order valence-corrected chi connectivity index (χ2v) is 7.72. The summed E-state index contributed by atoms with van der Waals surface area (Å²) in [7, 11) is 0. The molecule has 0 radical (unpaired) electrons. The lowest BCUT2D eigenvalue weighted by atomic mass is 10.2. The zero-order valence-corrected chi connectivity index (χ0v) is 16.7. The molecular weight excluding hydrogens is 386 g/mol. The molecule has 7 heteroatoms. The molecule has 0 saturated carbocycles. The summed E-state index contributed by atoms with van der Waals surface area (Å²) in [6.07, 6.45) is 0.702. The maximum absolute atomic E-state index is 12.3. The van der Waals surface area contributed by atoms with Crippen molar-refractivity contribution in [3.05, 3.63) is 72.1 Å². The molecule has 0 aliphatic carbocycles. The van der Waals surface area contributed by atoms with Crippen molar-refractivity contribution in [1.29, 1.82) is 0 Å². The third-order valence-electron chi connectivity index (χ3n) is 4.41. The highest BCUT2D eigenvalue weighted by Crippen LogP contribution is 2.31. The van der Waals surface area contributed by atoms with Crippen molar-refractivity contribution in [2.75, 3.05) is 5.32 Å². The van der Waals surface area contributed by atoms with E-state index in [2.05, 4.69) is 28.3 Å². The van der Waals surface area contributed by atoms with E-state index >= 15 is 0 Å². The molecule has 0 spiro atoms. The fourth-order valence-electron chi connectivity index (χ4n) is 2.83. The first kappa shape index (κ1) is 18.9. The van der Waals surface area contributed by atoms with Gasteiger partial charge in [0.15, 0.2) is 6.10 Å². The number of nitrogens with one attached hydrogen (secondary N) is 2. The van der Waals surface area contributed by atoms with Crippen molar-refractivity contribution < 1.29 is 14.3 Å². The smallest absolute Gasteiger partial charge is 0.355 e. The highest BCUT2D eigenvalue weighted by Gasteiger charge is 2.19. The Morgan fingerprint density at radius 1 is 1.14 bits per heavy atom. The minimum atomic E-state index is -0.919. The van der Waals surface area contributed by atoms with Crippen molar-refractivity contribution in [1.82, 2.24) is 9.97 Å². The van der Waals surface area contributed by atoms with Gasteiger partial charge in [0.2, 0.25) is 0 Å². The summed E-state index contributed by atoms with van der Waals surface area (Å²) >= 11 is 1.64. The quantitative estimate of drug-likeness (QED) is 0.468. The van der Waals surface area contributed by atoms with Crippen LogP contribution in [-0.4, -0.2) is 27.9 Å². The fraction of sp³-hybridized carbons (Fsp3) is 0.136. The van der Waals surface area contributed by atoms with Gasteiger partial charge < -0.3 is 15.0 Å². The number of hydrogen-bond donors (Lipinski definition) is 2. The standard InChI is InChI=1S/C22H19N3O3S/c1-13-5-10-17-19(12-13)29-21(25-17)15-6-8-16(9-7-15)24-20(26)14(2)28-22(27)18-4-3-11-23-18/h3-12,14,23H,1-2H3,(H,24,26)/t14-/m1/s1. The molecule has 2 aromatic heterocycles. The molecule has 0 unspecified atom stereocenters. The average Bonchev–Trinajstić information content (AvgIpc) is 3.38. The lowest BCUT2D eigenvalue weighted by molar-refractivity contribution is -0.123. The summed E-state index contributed by atoms with van der Waals surface area (Å²) in [4.78, 5) is 31.7. The Labute approximate surface area is 171 Å². The zero-order chi connectivity index (χ0) is 20.4. The van der Waals surface area contributed by atoms with E-state index < -0.39 is 18.0 Å². The van der Waals surface area contributed by atoms with Gasteiger partial charge in [0.25, 0.3) is 5.91 Å². The fourth-order valence-corrected chi connectivity index (χ4v) is 3.90. The Balaban J connectivity index is 1.42. The second kappa shape index (κ2) is 7.89. The van der Waals surface area contributed by atoms with E-state index in [1.807, 2.05) is 36.4 Å². The number of benzene rings is 2. The van der Waals surface area contributed by atoms with E-state index in [-0.39, 0.29) is 0 Å². The largest absolute Gasteiger partial charge is 0.448 e. The van der Waals surface area contributed by atoms with Crippen LogP contribution in [0.3, 0.4) is 0 Å². The molecule has 2 aromatic carbocycles. The number of carbonyl (C=O) groups excluding carboxylic acids is 2. The van der Waals surface area contributed by atoms with E-state index in [0.29, 0.717) is 11.4 Å². The van der Waals surface area contributed by atoms with Crippen LogP contribution in [-0.2, 0) is 9.53 Å². The topological polar surface area (TPSA) is 84.1 Å². The number of aromatic amines is 1. The number of aromatic nitrogens is 2. The number of aryl methyl sites for hydroxylation is 1. The number of hydrogen-bond acceptors (Lipinski definition) is 5. The zero-order valence-electron chi connectivity index (χ0n) is 15.9. The highest BCUT2D eigenvalue weighted by atomic mass is 32.1. The highest BCUT2D eigenvalue weighted by molar-refractivity contribution is 7.21. The van der Waals surface area contributed by atoms with E-state index in [1.54, 1.807) is 29.7 Å². The molecule has 1 atom stereocenters. The number of esters is 1. The number of nitrogens with zero attached hydrogens (tertiary/aromatic N) is 1. The molecule has 1 amide bonds.